The monoisotopic (exact) mass is 349 g/mol. The van der Waals surface area contributed by atoms with Crippen LogP contribution in [0.5, 0.6) is 0 Å². The Bertz CT molecular complexity index is 801. The van der Waals surface area contributed by atoms with Crippen molar-refractivity contribution in [2.75, 3.05) is 12.3 Å². The lowest BCUT2D eigenvalue weighted by atomic mass is 10.1. The van der Waals surface area contributed by atoms with Crippen LogP contribution in [-0.4, -0.2) is 26.6 Å². The summed E-state index contributed by atoms with van der Waals surface area (Å²) in [6.07, 6.45) is 0.729. The maximum absolute atomic E-state index is 13.1. The standard InChI is InChI=1S/C18H20FNO3S/c1-2-24(22,23)17-8-6-14(7-9-17)10-11-20-18(21)13-15-4-3-5-16(19)12-15/h3-9,12H,2,10-11,13H2,1H3,(H,20,21). The van der Waals surface area contributed by atoms with Crippen molar-refractivity contribution in [3.63, 3.8) is 0 Å². The van der Waals surface area contributed by atoms with Crippen LogP contribution in [0.25, 0.3) is 0 Å². The average molecular weight is 349 g/mol. The first kappa shape index (κ1) is 18.1. The summed E-state index contributed by atoms with van der Waals surface area (Å²) in [6.45, 7) is 2.05. The molecule has 0 radical (unpaired) electrons. The summed E-state index contributed by atoms with van der Waals surface area (Å²) in [4.78, 5) is 12.1. The number of amides is 1. The molecule has 0 bridgehead atoms. The highest BCUT2D eigenvalue weighted by Gasteiger charge is 2.10. The van der Waals surface area contributed by atoms with E-state index in [1.165, 1.54) is 12.1 Å². The SMILES string of the molecule is CCS(=O)(=O)c1ccc(CCNC(=O)Cc2cccc(F)c2)cc1. The summed E-state index contributed by atoms with van der Waals surface area (Å²) >= 11 is 0. The molecule has 0 aliphatic heterocycles. The predicted octanol–water partition coefficient (Wildman–Crippen LogP) is 2.52. The molecule has 128 valence electrons. The smallest absolute Gasteiger partial charge is 0.224 e. The molecule has 4 nitrogen and oxygen atoms in total. The van der Waals surface area contributed by atoms with Gasteiger partial charge in [0, 0.05) is 6.54 Å². The third kappa shape index (κ3) is 5.16. The van der Waals surface area contributed by atoms with E-state index in [1.807, 2.05) is 0 Å². The number of sulfone groups is 1. The van der Waals surface area contributed by atoms with Crippen LogP contribution in [0, 0.1) is 5.82 Å². The van der Waals surface area contributed by atoms with Gasteiger partial charge in [-0.2, -0.15) is 0 Å². The molecular weight excluding hydrogens is 329 g/mol. The topological polar surface area (TPSA) is 63.2 Å². The number of carbonyl (C=O) groups is 1. The number of benzene rings is 2. The second-order valence-corrected chi connectivity index (χ2v) is 7.73. The van der Waals surface area contributed by atoms with Crippen LogP contribution < -0.4 is 5.32 Å². The molecule has 0 fully saturated rings. The summed E-state index contributed by atoms with van der Waals surface area (Å²) in [6, 6.07) is 12.6. The Morgan fingerprint density at radius 3 is 2.42 bits per heavy atom. The van der Waals surface area contributed by atoms with Crippen molar-refractivity contribution in [3.05, 3.63) is 65.5 Å². The maximum Gasteiger partial charge on any atom is 0.224 e. The summed E-state index contributed by atoms with van der Waals surface area (Å²) in [5.74, 6) is -0.462. The van der Waals surface area contributed by atoms with Gasteiger partial charge in [-0.3, -0.25) is 4.79 Å². The molecule has 0 aromatic heterocycles. The van der Waals surface area contributed by atoms with Crippen molar-refractivity contribution in [1.29, 1.82) is 0 Å². The van der Waals surface area contributed by atoms with Crippen LogP contribution in [0.15, 0.2) is 53.4 Å². The van der Waals surface area contributed by atoms with E-state index in [2.05, 4.69) is 5.32 Å². The van der Waals surface area contributed by atoms with Gasteiger partial charge in [-0.1, -0.05) is 31.2 Å². The highest BCUT2D eigenvalue weighted by molar-refractivity contribution is 7.91. The fourth-order valence-electron chi connectivity index (χ4n) is 2.27. The van der Waals surface area contributed by atoms with Crippen LogP contribution in [0.3, 0.4) is 0 Å². The van der Waals surface area contributed by atoms with Crippen molar-refractivity contribution in [1.82, 2.24) is 5.32 Å². The molecule has 2 aromatic carbocycles. The van der Waals surface area contributed by atoms with Crippen LogP contribution >= 0.6 is 0 Å². The summed E-state index contributed by atoms with van der Waals surface area (Å²) in [5, 5.41) is 2.78. The highest BCUT2D eigenvalue weighted by atomic mass is 32.2. The number of carbonyl (C=O) groups excluding carboxylic acids is 1. The van der Waals surface area contributed by atoms with E-state index in [-0.39, 0.29) is 23.9 Å². The predicted molar refractivity (Wildman–Crippen MR) is 91.0 cm³/mol. The van der Waals surface area contributed by atoms with Crippen LogP contribution in [0.2, 0.25) is 0 Å². The first-order valence-electron chi connectivity index (χ1n) is 7.73. The fraction of sp³-hybridized carbons (Fsp3) is 0.278. The third-order valence-corrected chi connectivity index (χ3v) is 5.40. The molecule has 1 N–H and O–H groups in total. The van der Waals surface area contributed by atoms with Crippen molar-refractivity contribution in [3.8, 4) is 0 Å². The maximum atomic E-state index is 13.1. The molecule has 0 spiro atoms. The fourth-order valence-corrected chi connectivity index (χ4v) is 3.16. The van der Waals surface area contributed by atoms with Crippen molar-refractivity contribution >= 4 is 15.7 Å². The van der Waals surface area contributed by atoms with Gasteiger partial charge < -0.3 is 5.32 Å². The normalized spacial score (nSPS) is 11.2. The second-order valence-electron chi connectivity index (χ2n) is 5.45. The van der Waals surface area contributed by atoms with Gasteiger partial charge >= 0.3 is 0 Å². The van der Waals surface area contributed by atoms with Gasteiger partial charge in [0.1, 0.15) is 5.82 Å². The van der Waals surface area contributed by atoms with Gasteiger partial charge in [-0.15, -0.1) is 0 Å². The number of halogens is 1. The highest BCUT2D eigenvalue weighted by Crippen LogP contribution is 2.12. The van der Waals surface area contributed by atoms with Gasteiger partial charge in [0.15, 0.2) is 9.84 Å². The summed E-state index contributed by atoms with van der Waals surface area (Å²) < 4.78 is 36.5. The molecule has 6 heteroatoms. The quantitative estimate of drug-likeness (QED) is 0.835. The minimum atomic E-state index is -3.19. The number of rotatable bonds is 7. The molecule has 0 unspecified atom stereocenters. The molecule has 0 heterocycles. The van der Waals surface area contributed by atoms with E-state index in [1.54, 1.807) is 43.3 Å². The van der Waals surface area contributed by atoms with Crippen molar-refractivity contribution < 1.29 is 17.6 Å². The summed E-state index contributed by atoms with van der Waals surface area (Å²) in [5.41, 5.74) is 1.57. The first-order chi connectivity index (χ1) is 11.4. The van der Waals surface area contributed by atoms with Crippen LogP contribution in [0.4, 0.5) is 4.39 Å². The lowest BCUT2D eigenvalue weighted by molar-refractivity contribution is -0.120. The molecule has 0 aliphatic carbocycles. The number of nitrogens with one attached hydrogen (secondary N) is 1. The number of hydrogen-bond acceptors (Lipinski definition) is 3. The van der Waals surface area contributed by atoms with Gasteiger partial charge in [0.25, 0.3) is 0 Å². The summed E-state index contributed by atoms with van der Waals surface area (Å²) in [7, 11) is -3.19. The molecule has 2 aromatic rings. The van der Waals surface area contributed by atoms with E-state index < -0.39 is 9.84 Å². The van der Waals surface area contributed by atoms with Crippen molar-refractivity contribution in [2.45, 2.75) is 24.7 Å². The Labute approximate surface area is 141 Å². The minimum absolute atomic E-state index is 0.0719. The minimum Gasteiger partial charge on any atom is -0.355 e. The average Bonchev–Trinajstić information content (AvgIpc) is 2.55. The zero-order chi connectivity index (χ0) is 17.6. The van der Waals surface area contributed by atoms with E-state index in [4.69, 9.17) is 0 Å². The van der Waals surface area contributed by atoms with Gasteiger partial charge in [-0.25, -0.2) is 12.8 Å². The van der Waals surface area contributed by atoms with E-state index in [0.717, 1.165) is 5.56 Å². The molecule has 0 atom stereocenters. The number of hydrogen-bond donors (Lipinski definition) is 1. The van der Waals surface area contributed by atoms with Gasteiger partial charge in [-0.05, 0) is 41.8 Å². The van der Waals surface area contributed by atoms with Gasteiger partial charge in [0.2, 0.25) is 5.91 Å². The van der Waals surface area contributed by atoms with E-state index in [9.17, 15) is 17.6 Å². The Balaban J connectivity index is 1.82. The third-order valence-electron chi connectivity index (χ3n) is 3.65. The Morgan fingerprint density at radius 1 is 1.08 bits per heavy atom. The lowest BCUT2D eigenvalue weighted by Crippen LogP contribution is -2.27. The van der Waals surface area contributed by atoms with Crippen molar-refractivity contribution in [2.24, 2.45) is 0 Å². The Kier molecular flexibility index (Phi) is 6.09. The molecule has 0 saturated carbocycles. The van der Waals surface area contributed by atoms with Gasteiger partial charge in [0.05, 0.1) is 17.1 Å². The molecule has 1 amide bonds. The molecular formula is C18H20FNO3S. The lowest BCUT2D eigenvalue weighted by Gasteiger charge is -2.07. The molecule has 24 heavy (non-hydrogen) atoms. The Hall–Kier alpha value is -2.21. The van der Waals surface area contributed by atoms with E-state index >= 15 is 0 Å². The second kappa shape index (κ2) is 8.06. The zero-order valence-electron chi connectivity index (χ0n) is 13.5. The molecule has 0 aliphatic rings. The zero-order valence-corrected chi connectivity index (χ0v) is 14.3. The van der Waals surface area contributed by atoms with E-state index in [0.29, 0.717) is 23.4 Å². The largest absolute Gasteiger partial charge is 0.355 e. The molecule has 0 saturated heterocycles. The first-order valence-corrected chi connectivity index (χ1v) is 9.39. The van der Waals surface area contributed by atoms with Crippen LogP contribution in [-0.2, 0) is 27.5 Å². The van der Waals surface area contributed by atoms with Crippen LogP contribution in [0.1, 0.15) is 18.1 Å². The Morgan fingerprint density at radius 2 is 1.79 bits per heavy atom. The molecule has 2 rings (SSSR count).